The van der Waals surface area contributed by atoms with Gasteiger partial charge in [-0.05, 0) is 30.5 Å². The molecule has 4 nitrogen and oxygen atoms in total. The van der Waals surface area contributed by atoms with Crippen molar-refractivity contribution in [2.75, 3.05) is 13.1 Å². The lowest BCUT2D eigenvalue weighted by Crippen LogP contribution is -2.45. The van der Waals surface area contributed by atoms with E-state index in [2.05, 4.69) is 15.9 Å². The van der Waals surface area contributed by atoms with E-state index in [9.17, 15) is 17.9 Å². The molecule has 2 atom stereocenters. The standard InChI is InChI=1S/C12H15BrFNO3S/c1-8-7-15(5-4-11(8)16)19(17,18)12-3-2-9(13)6-10(12)14/h2-3,6,8,11,16H,4-5,7H2,1H3. The van der Waals surface area contributed by atoms with Gasteiger partial charge in [-0.1, -0.05) is 22.9 Å². The number of halogens is 2. The van der Waals surface area contributed by atoms with Gasteiger partial charge in [-0.2, -0.15) is 4.31 Å². The number of nitrogens with zero attached hydrogens (tertiary/aromatic N) is 1. The van der Waals surface area contributed by atoms with Crippen molar-refractivity contribution in [1.82, 2.24) is 4.31 Å². The molecule has 1 aromatic rings. The van der Waals surface area contributed by atoms with Crippen LogP contribution in [-0.4, -0.2) is 37.0 Å². The minimum atomic E-state index is -3.84. The van der Waals surface area contributed by atoms with E-state index in [0.29, 0.717) is 10.9 Å². The molecule has 1 aromatic carbocycles. The van der Waals surface area contributed by atoms with Crippen LogP contribution in [0.1, 0.15) is 13.3 Å². The van der Waals surface area contributed by atoms with E-state index in [4.69, 9.17) is 0 Å². The number of benzene rings is 1. The van der Waals surface area contributed by atoms with Crippen molar-refractivity contribution in [2.24, 2.45) is 5.92 Å². The third-order valence-electron chi connectivity index (χ3n) is 3.33. The summed E-state index contributed by atoms with van der Waals surface area (Å²) in [7, 11) is -3.84. The Morgan fingerprint density at radius 1 is 1.47 bits per heavy atom. The number of rotatable bonds is 2. The topological polar surface area (TPSA) is 57.6 Å². The highest BCUT2D eigenvalue weighted by molar-refractivity contribution is 9.10. The molecule has 0 aromatic heterocycles. The maximum Gasteiger partial charge on any atom is 0.245 e. The quantitative estimate of drug-likeness (QED) is 0.886. The van der Waals surface area contributed by atoms with Crippen LogP contribution in [0.25, 0.3) is 0 Å². The number of hydrogen-bond donors (Lipinski definition) is 1. The second-order valence-electron chi connectivity index (χ2n) is 4.77. The molecule has 0 radical (unpaired) electrons. The van der Waals surface area contributed by atoms with E-state index in [-0.39, 0.29) is 23.9 Å². The number of aliphatic hydroxyl groups excluding tert-OH is 1. The van der Waals surface area contributed by atoms with Gasteiger partial charge < -0.3 is 5.11 Å². The molecular formula is C12H15BrFNO3S. The van der Waals surface area contributed by atoms with Crippen LogP contribution in [-0.2, 0) is 10.0 Å². The minimum absolute atomic E-state index is 0.151. The van der Waals surface area contributed by atoms with Gasteiger partial charge in [0.25, 0.3) is 0 Å². The zero-order valence-corrected chi connectivity index (χ0v) is 12.8. The molecule has 0 amide bonds. The Labute approximate surface area is 120 Å². The maximum atomic E-state index is 13.8. The minimum Gasteiger partial charge on any atom is -0.393 e. The van der Waals surface area contributed by atoms with Crippen LogP contribution in [0.2, 0.25) is 0 Å². The van der Waals surface area contributed by atoms with E-state index < -0.39 is 21.9 Å². The van der Waals surface area contributed by atoms with Crippen LogP contribution in [0.5, 0.6) is 0 Å². The Morgan fingerprint density at radius 2 is 2.16 bits per heavy atom. The van der Waals surface area contributed by atoms with Crippen molar-refractivity contribution in [3.8, 4) is 0 Å². The Morgan fingerprint density at radius 3 is 2.74 bits per heavy atom. The SMILES string of the molecule is CC1CN(S(=O)(=O)c2ccc(Br)cc2F)CCC1O. The van der Waals surface area contributed by atoms with Crippen LogP contribution in [0.15, 0.2) is 27.6 Å². The van der Waals surface area contributed by atoms with Crippen molar-refractivity contribution < 1.29 is 17.9 Å². The van der Waals surface area contributed by atoms with Crippen LogP contribution < -0.4 is 0 Å². The van der Waals surface area contributed by atoms with Crippen LogP contribution >= 0.6 is 15.9 Å². The monoisotopic (exact) mass is 351 g/mol. The molecule has 7 heteroatoms. The summed E-state index contributed by atoms with van der Waals surface area (Å²) in [5.74, 6) is -0.921. The van der Waals surface area contributed by atoms with E-state index in [1.807, 2.05) is 0 Å². The second-order valence-corrected chi connectivity index (χ2v) is 7.59. The van der Waals surface area contributed by atoms with Gasteiger partial charge in [-0.15, -0.1) is 0 Å². The summed E-state index contributed by atoms with van der Waals surface area (Å²) in [6.07, 6.45) is -0.125. The lowest BCUT2D eigenvalue weighted by atomic mass is 9.99. The lowest BCUT2D eigenvalue weighted by Gasteiger charge is -2.33. The molecule has 1 saturated heterocycles. The third kappa shape index (κ3) is 2.99. The molecular weight excluding hydrogens is 337 g/mol. The zero-order valence-electron chi connectivity index (χ0n) is 10.4. The van der Waals surface area contributed by atoms with Gasteiger partial charge in [-0.3, -0.25) is 0 Å². The predicted octanol–water partition coefficient (Wildman–Crippen LogP) is 1.98. The highest BCUT2D eigenvalue weighted by Crippen LogP contribution is 2.26. The highest BCUT2D eigenvalue weighted by Gasteiger charge is 2.34. The maximum absolute atomic E-state index is 13.8. The smallest absolute Gasteiger partial charge is 0.245 e. The summed E-state index contributed by atoms with van der Waals surface area (Å²) in [5.41, 5.74) is 0. The van der Waals surface area contributed by atoms with Gasteiger partial charge in [0.2, 0.25) is 10.0 Å². The van der Waals surface area contributed by atoms with E-state index >= 15 is 0 Å². The molecule has 1 aliphatic rings. The van der Waals surface area contributed by atoms with Gasteiger partial charge in [0.05, 0.1) is 6.10 Å². The molecule has 19 heavy (non-hydrogen) atoms. The number of piperidine rings is 1. The van der Waals surface area contributed by atoms with Gasteiger partial charge in [0.15, 0.2) is 0 Å². The molecule has 1 N–H and O–H groups in total. The summed E-state index contributed by atoms with van der Waals surface area (Å²) in [6, 6.07) is 3.89. The third-order valence-corrected chi connectivity index (χ3v) is 5.73. The largest absolute Gasteiger partial charge is 0.393 e. The summed E-state index contributed by atoms with van der Waals surface area (Å²) in [5, 5.41) is 9.62. The van der Waals surface area contributed by atoms with E-state index in [1.54, 1.807) is 6.92 Å². The highest BCUT2D eigenvalue weighted by atomic mass is 79.9. The number of aliphatic hydroxyl groups is 1. The van der Waals surface area contributed by atoms with Crippen molar-refractivity contribution in [3.05, 3.63) is 28.5 Å². The first-order chi connectivity index (χ1) is 8.82. The fraction of sp³-hybridized carbons (Fsp3) is 0.500. The molecule has 1 aliphatic heterocycles. The average Bonchev–Trinajstić information content (AvgIpc) is 2.32. The average molecular weight is 352 g/mol. The summed E-state index contributed by atoms with van der Waals surface area (Å²) < 4.78 is 40.2. The summed E-state index contributed by atoms with van der Waals surface area (Å²) in [4.78, 5) is -0.320. The zero-order chi connectivity index (χ0) is 14.2. The van der Waals surface area contributed by atoms with Crippen LogP contribution in [0.4, 0.5) is 4.39 Å². The molecule has 2 rings (SSSR count). The first-order valence-corrected chi connectivity index (χ1v) is 8.19. The molecule has 0 bridgehead atoms. The molecule has 1 heterocycles. The molecule has 2 unspecified atom stereocenters. The summed E-state index contributed by atoms with van der Waals surface area (Å²) in [6.45, 7) is 2.20. The van der Waals surface area contributed by atoms with Crippen molar-refractivity contribution in [1.29, 1.82) is 0 Å². The molecule has 0 spiro atoms. The molecule has 0 saturated carbocycles. The van der Waals surface area contributed by atoms with Crippen molar-refractivity contribution in [3.63, 3.8) is 0 Å². The fourth-order valence-corrected chi connectivity index (χ4v) is 4.07. The van der Waals surface area contributed by atoms with Crippen molar-refractivity contribution in [2.45, 2.75) is 24.3 Å². The molecule has 1 fully saturated rings. The number of hydrogen-bond acceptors (Lipinski definition) is 3. The Hall–Kier alpha value is -0.500. The van der Waals surface area contributed by atoms with Crippen LogP contribution in [0.3, 0.4) is 0 Å². The normalized spacial score (nSPS) is 25.5. The van der Waals surface area contributed by atoms with E-state index in [1.165, 1.54) is 16.4 Å². The Bertz CT molecular complexity index is 578. The van der Waals surface area contributed by atoms with Gasteiger partial charge in [0, 0.05) is 17.6 Å². The summed E-state index contributed by atoms with van der Waals surface area (Å²) >= 11 is 3.09. The first kappa shape index (κ1) is 14.9. The predicted molar refractivity (Wildman–Crippen MR) is 72.6 cm³/mol. The Balaban J connectivity index is 2.32. The Kier molecular flexibility index (Phi) is 4.29. The van der Waals surface area contributed by atoms with Crippen LogP contribution in [0, 0.1) is 11.7 Å². The van der Waals surface area contributed by atoms with Gasteiger partial charge >= 0.3 is 0 Å². The molecule has 106 valence electrons. The van der Waals surface area contributed by atoms with Gasteiger partial charge in [-0.25, -0.2) is 12.8 Å². The van der Waals surface area contributed by atoms with Crippen molar-refractivity contribution >= 4 is 26.0 Å². The first-order valence-electron chi connectivity index (χ1n) is 5.95. The second kappa shape index (κ2) is 5.47. The fourth-order valence-electron chi connectivity index (χ4n) is 2.14. The number of sulfonamides is 1. The molecule has 0 aliphatic carbocycles. The van der Waals surface area contributed by atoms with E-state index in [0.717, 1.165) is 6.07 Å². The van der Waals surface area contributed by atoms with Gasteiger partial charge in [0.1, 0.15) is 10.7 Å². The lowest BCUT2D eigenvalue weighted by molar-refractivity contribution is 0.0628.